The third kappa shape index (κ3) is 11.5. The standard InChI is InChI=1S/C21H34N2O9S/c1-20(2)13-31-21(3,9-4-5-15(25)26)32-18(20)19(30)23-10-8-14(24)22-11-12-33-17(29)7-6-16(27)28/h18H,4-13H2,1-3H3,(H,22,24)(H,23,30)(H,25,26)(H,27,28)/t18-,21?/m0/s1. The maximum atomic E-state index is 12.7. The van der Waals surface area contributed by atoms with E-state index in [0.717, 1.165) is 11.8 Å². The number of aliphatic carboxylic acids is 2. The summed E-state index contributed by atoms with van der Waals surface area (Å²) in [7, 11) is 0. The zero-order valence-corrected chi connectivity index (χ0v) is 20.1. The van der Waals surface area contributed by atoms with E-state index in [2.05, 4.69) is 10.6 Å². The highest BCUT2D eigenvalue weighted by atomic mass is 32.2. The van der Waals surface area contributed by atoms with Crippen LogP contribution in [0.25, 0.3) is 0 Å². The highest BCUT2D eigenvalue weighted by molar-refractivity contribution is 8.13. The van der Waals surface area contributed by atoms with Crippen molar-refractivity contribution >= 4 is 40.6 Å². The second kappa shape index (κ2) is 13.5. The first-order valence-electron chi connectivity index (χ1n) is 10.8. The molecule has 1 rings (SSSR count). The summed E-state index contributed by atoms with van der Waals surface area (Å²) in [5, 5.41) is 22.4. The van der Waals surface area contributed by atoms with Crippen molar-refractivity contribution in [3.63, 3.8) is 0 Å². The van der Waals surface area contributed by atoms with Crippen LogP contribution in [0.15, 0.2) is 0 Å². The van der Waals surface area contributed by atoms with Gasteiger partial charge in [0.25, 0.3) is 0 Å². The van der Waals surface area contributed by atoms with Gasteiger partial charge in [0.1, 0.15) is 6.10 Å². The SMILES string of the molecule is CC1(CCCC(=O)O)OCC(C)(C)[C@H](C(=O)NCCC(=O)NCCSC(=O)CCC(=O)O)O1. The minimum atomic E-state index is -1.07. The molecular formula is C21H34N2O9S. The van der Waals surface area contributed by atoms with E-state index in [-0.39, 0.29) is 62.3 Å². The maximum Gasteiger partial charge on any atom is 0.303 e. The van der Waals surface area contributed by atoms with Gasteiger partial charge in [-0.15, -0.1) is 0 Å². The van der Waals surface area contributed by atoms with Crippen molar-refractivity contribution in [1.29, 1.82) is 0 Å². The summed E-state index contributed by atoms with van der Waals surface area (Å²) in [5.74, 6) is -3.34. The normalized spacial score (nSPS) is 21.7. The number of ether oxygens (including phenoxy) is 2. The summed E-state index contributed by atoms with van der Waals surface area (Å²) in [6.07, 6.45) is -0.383. The molecule has 33 heavy (non-hydrogen) atoms. The van der Waals surface area contributed by atoms with E-state index in [1.807, 2.05) is 13.8 Å². The van der Waals surface area contributed by atoms with Crippen molar-refractivity contribution in [2.24, 2.45) is 5.41 Å². The van der Waals surface area contributed by atoms with Crippen LogP contribution in [0.5, 0.6) is 0 Å². The lowest BCUT2D eigenvalue weighted by molar-refractivity contribution is -0.315. The van der Waals surface area contributed by atoms with Crippen LogP contribution < -0.4 is 10.6 Å². The lowest BCUT2D eigenvalue weighted by Crippen LogP contribution is -2.57. The molecule has 12 heteroatoms. The molecule has 1 fully saturated rings. The van der Waals surface area contributed by atoms with Gasteiger partial charge >= 0.3 is 11.9 Å². The third-order valence-electron chi connectivity index (χ3n) is 4.97. The Balaban J connectivity index is 2.36. The van der Waals surface area contributed by atoms with Gasteiger partial charge in [-0.3, -0.25) is 24.0 Å². The van der Waals surface area contributed by atoms with Crippen molar-refractivity contribution in [3.05, 3.63) is 0 Å². The van der Waals surface area contributed by atoms with E-state index in [9.17, 15) is 24.0 Å². The fourth-order valence-electron chi connectivity index (χ4n) is 3.07. The largest absolute Gasteiger partial charge is 0.481 e. The van der Waals surface area contributed by atoms with Crippen LogP contribution in [0.1, 0.15) is 59.3 Å². The van der Waals surface area contributed by atoms with Gasteiger partial charge in [0.2, 0.25) is 11.8 Å². The summed E-state index contributed by atoms with van der Waals surface area (Å²) in [6, 6.07) is 0. The molecule has 0 radical (unpaired) electrons. The fourth-order valence-corrected chi connectivity index (χ4v) is 3.75. The Morgan fingerprint density at radius 3 is 2.24 bits per heavy atom. The maximum absolute atomic E-state index is 12.7. The van der Waals surface area contributed by atoms with E-state index in [0.29, 0.717) is 18.6 Å². The number of nitrogens with one attached hydrogen (secondary N) is 2. The Hall–Kier alpha value is -2.18. The zero-order valence-electron chi connectivity index (χ0n) is 19.3. The number of carbonyl (C=O) groups is 5. The molecule has 0 aromatic heterocycles. The van der Waals surface area contributed by atoms with E-state index >= 15 is 0 Å². The number of carboxylic acid groups (broad SMARTS) is 2. The molecule has 1 aliphatic rings. The molecule has 0 aromatic carbocycles. The summed E-state index contributed by atoms with van der Waals surface area (Å²) in [5.41, 5.74) is -0.608. The minimum absolute atomic E-state index is 0.0212. The molecule has 1 unspecified atom stereocenters. The van der Waals surface area contributed by atoms with Crippen molar-refractivity contribution in [3.8, 4) is 0 Å². The molecule has 1 heterocycles. The lowest BCUT2D eigenvalue weighted by atomic mass is 9.85. The van der Waals surface area contributed by atoms with Gasteiger partial charge in [-0.1, -0.05) is 25.6 Å². The number of amides is 2. The summed E-state index contributed by atoms with van der Waals surface area (Å²) < 4.78 is 11.7. The van der Waals surface area contributed by atoms with E-state index in [4.69, 9.17) is 19.7 Å². The Labute approximate surface area is 197 Å². The monoisotopic (exact) mass is 490 g/mol. The first-order chi connectivity index (χ1) is 15.3. The molecule has 11 nitrogen and oxygen atoms in total. The molecule has 2 amide bonds. The van der Waals surface area contributed by atoms with Crippen LogP contribution in [0.3, 0.4) is 0 Å². The molecule has 1 saturated heterocycles. The number of hydrogen-bond donors (Lipinski definition) is 4. The minimum Gasteiger partial charge on any atom is -0.481 e. The molecule has 1 aliphatic heterocycles. The van der Waals surface area contributed by atoms with Crippen molar-refractivity contribution in [2.75, 3.05) is 25.4 Å². The number of rotatable bonds is 14. The van der Waals surface area contributed by atoms with E-state index < -0.39 is 29.2 Å². The molecule has 4 N–H and O–H groups in total. The van der Waals surface area contributed by atoms with Crippen LogP contribution >= 0.6 is 11.8 Å². The number of carboxylic acids is 2. The summed E-state index contributed by atoms with van der Waals surface area (Å²) in [4.78, 5) is 57.3. The average molecular weight is 491 g/mol. The zero-order chi connectivity index (χ0) is 25.1. The van der Waals surface area contributed by atoms with Gasteiger partial charge in [-0.2, -0.15) is 0 Å². The van der Waals surface area contributed by atoms with Gasteiger partial charge in [0.15, 0.2) is 10.9 Å². The molecule has 0 aliphatic carbocycles. The second-order valence-electron chi connectivity index (χ2n) is 8.66. The van der Waals surface area contributed by atoms with Crippen LogP contribution in [0, 0.1) is 5.41 Å². The number of thioether (sulfide) groups is 1. The van der Waals surface area contributed by atoms with E-state index in [1.54, 1.807) is 6.92 Å². The highest BCUT2D eigenvalue weighted by Gasteiger charge is 2.47. The van der Waals surface area contributed by atoms with Gasteiger partial charge in [0.05, 0.1) is 13.0 Å². The Morgan fingerprint density at radius 2 is 1.61 bits per heavy atom. The van der Waals surface area contributed by atoms with Crippen molar-refractivity contribution in [2.45, 2.75) is 71.2 Å². The molecular weight excluding hydrogens is 456 g/mol. The lowest BCUT2D eigenvalue weighted by Gasteiger charge is -2.46. The molecule has 0 aromatic rings. The Kier molecular flexibility index (Phi) is 11.8. The third-order valence-corrected chi connectivity index (χ3v) is 5.90. The number of hydrogen-bond acceptors (Lipinski definition) is 8. The molecule has 188 valence electrons. The quantitative estimate of drug-likeness (QED) is 0.259. The molecule has 2 atom stereocenters. The summed E-state index contributed by atoms with van der Waals surface area (Å²) in [6.45, 7) is 5.95. The van der Waals surface area contributed by atoms with Crippen LogP contribution in [-0.4, -0.2) is 76.4 Å². The van der Waals surface area contributed by atoms with Crippen LogP contribution in [0.2, 0.25) is 0 Å². The first kappa shape index (κ1) is 28.9. The van der Waals surface area contributed by atoms with Gasteiger partial charge < -0.3 is 30.3 Å². The van der Waals surface area contributed by atoms with E-state index in [1.165, 1.54) is 0 Å². The second-order valence-corrected chi connectivity index (χ2v) is 9.81. The smallest absolute Gasteiger partial charge is 0.303 e. The van der Waals surface area contributed by atoms with Crippen LogP contribution in [0.4, 0.5) is 0 Å². The van der Waals surface area contributed by atoms with Crippen LogP contribution in [-0.2, 0) is 33.4 Å². The predicted molar refractivity (Wildman–Crippen MR) is 119 cm³/mol. The Morgan fingerprint density at radius 1 is 0.939 bits per heavy atom. The number of carbonyl (C=O) groups excluding carboxylic acids is 3. The van der Waals surface area contributed by atoms with Gasteiger partial charge in [0, 0.05) is 49.9 Å². The van der Waals surface area contributed by atoms with Crippen molar-refractivity contribution in [1.82, 2.24) is 10.6 Å². The van der Waals surface area contributed by atoms with Gasteiger partial charge in [-0.05, 0) is 13.3 Å². The Bertz CT molecular complexity index is 729. The highest BCUT2D eigenvalue weighted by Crippen LogP contribution is 2.37. The predicted octanol–water partition coefficient (Wildman–Crippen LogP) is 1.15. The summed E-state index contributed by atoms with van der Waals surface area (Å²) >= 11 is 0.967. The topological polar surface area (TPSA) is 168 Å². The first-order valence-corrected chi connectivity index (χ1v) is 11.8. The molecule has 0 spiro atoms. The molecule has 0 saturated carbocycles. The fraction of sp³-hybridized carbons (Fsp3) is 0.762. The van der Waals surface area contributed by atoms with Gasteiger partial charge in [-0.25, -0.2) is 0 Å². The average Bonchev–Trinajstić information content (AvgIpc) is 2.71. The van der Waals surface area contributed by atoms with Crippen molar-refractivity contribution < 1.29 is 43.7 Å². The molecule has 0 bridgehead atoms.